The highest BCUT2D eigenvalue weighted by atomic mass is 16.7. The molecule has 0 spiro atoms. The summed E-state index contributed by atoms with van der Waals surface area (Å²) in [4.78, 5) is 49.0. The fourth-order valence-corrected chi connectivity index (χ4v) is 3.12. The number of carbonyl (C=O) groups excluding carboxylic acids is 4. The van der Waals surface area contributed by atoms with Crippen LogP contribution in [0.25, 0.3) is 0 Å². The third-order valence-corrected chi connectivity index (χ3v) is 5.64. The van der Waals surface area contributed by atoms with E-state index in [1.54, 1.807) is 19.9 Å². The van der Waals surface area contributed by atoms with Crippen molar-refractivity contribution >= 4 is 24.2 Å². The minimum absolute atomic E-state index is 0.0186. The minimum Gasteiger partial charge on any atom is -0.468 e. The maximum Gasteiger partial charge on any atom is 0.514 e. The van der Waals surface area contributed by atoms with Gasteiger partial charge in [-0.15, -0.1) is 0 Å². The van der Waals surface area contributed by atoms with Crippen molar-refractivity contribution in [3.63, 3.8) is 0 Å². The average molecular weight is 540 g/mol. The first kappa shape index (κ1) is 32.7. The van der Waals surface area contributed by atoms with Gasteiger partial charge in [-0.1, -0.05) is 33.8 Å². The Hall–Kier alpha value is -3.34. The molecule has 11 nitrogen and oxygen atoms in total. The van der Waals surface area contributed by atoms with E-state index in [0.29, 0.717) is 18.4 Å². The van der Waals surface area contributed by atoms with E-state index < -0.39 is 35.9 Å². The van der Waals surface area contributed by atoms with E-state index in [0.717, 1.165) is 0 Å². The van der Waals surface area contributed by atoms with E-state index in [1.807, 2.05) is 27.7 Å². The van der Waals surface area contributed by atoms with Crippen molar-refractivity contribution in [3.05, 3.63) is 23.8 Å². The molecule has 11 heteroatoms. The molecule has 0 aliphatic rings. The molecule has 214 valence electrons. The van der Waals surface area contributed by atoms with Crippen molar-refractivity contribution < 1.29 is 47.6 Å². The van der Waals surface area contributed by atoms with Gasteiger partial charge in [-0.2, -0.15) is 0 Å². The normalized spacial score (nSPS) is 14.0. The molecule has 0 heterocycles. The first-order valence-corrected chi connectivity index (χ1v) is 12.8. The number of nitrogens with two attached hydrogens (primary N) is 1. The minimum atomic E-state index is -1.56. The summed E-state index contributed by atoms with van der Waals surface area (Å²) >= 11 is 0. The van der Waals surface area contributed by atoms with E-state index in [2.05, 4.69) is 0 Å². The molecule has 38 heavy (non-hydrogen) atoms. The SMILES string of the molecule is CCC(C)OC(=O)Oc1ccc(C[C@](N)(CCOC(=O)CC(C)C)C(=O)OC)cc1OC(=O)OC(C)CC. The van der Waals surface area contributed by atoms with Gasteiger partial charge in [0.1, 0.15) is 17.7 Å². The van der Waals surface area contributed by atoms with E-state index in [1.165, 1.54) is 19.2 Å². The standard InChI is InChI=1S/C27H41NO10/c1-8-18(5)35-25(31)37-21-11-10-20(15-22(21)38-26(32)36-19(6)9-2)16-27(28,24(30)33-7)12-13-34-23(29)14-17(3)4/h10-11,15,17-19H,8-9,12-14,16,28H2,1-7H3/t18?,19?,27-/m1/s1. The van der Waals surface area contributed by atoms with Crippen molar-refractivity contribution in [1.82, 2.24) is 0 Å². The number of rotatable bonds is 14. The zero-order valence-electron chi connectivity index (χ0n) is 23.4. The highest BCUT2D eigenvalue weighted by molar-refractivity contribution is 5.81. The zero-order valence-corrected chi connectivity index (χ0v) is 23.4. The van der Waals surface area contributed by atoms with Crippen LogP contribution in [-0.2, 0) is 35.0 Å². The molecule has 1 aromatic rings. The zero-order chi connectivity index (χ0) is 28.9. The van der Waals surface area contributed by atoms with Gasteiger partial charge >= 0.3 is 24.2 Å². The maximum atomic E-state index is 12.6. The molecule has 1 rings (SSSR count). The summed E-state index contributed by atoms with van der Waals surface area (Å²) in [6.07, 6.45) is -1.45. The molecule has 0 aliphatic carbocycles. The smallest absolute Gasteiger partial charge is 0.468 e. The van der Waals surface area contributed by atoms with Crippen molar-refractivity contribution in [2.75, 3.05) is 13.7 Å². The topological polar surface area (TPSA) is 150 Å². The molecule has 0 saturated carbocycles. The quantitative estimate of drug-likeness (QED) is 0.199. The maximum absolute atomic E-state index is 12.6. The second kappa shape index (κ2) is 15.8. The van der Waals surface area contributed by atoms with Gasteiger partial charge in [0.25, 0.3) is 0 Å². The van der Waals surface area contributed by atoms with Gasteiger partial charge in [-0.05, 0) is 50.3 Å². The Labute approximate surface area is 224 Å². The van der Waals surface area contributed by atoms with E-state index in [4.69, 9.17) is 34.2 Å². The first-order valence-electron chi connectivity index (χ1n) is 12.8. The van der Waals surface area contributed by atoms with Gasteiger partial charge in [0.05, 0.1) is 13.7 Å². The summed E-state index contributed by atoms with van der Waals surface area (Å²) in [6.45, 7) is 10.8. The number of hydrogen-bond donors (Lipinski definition) is 1. The monoisotopic (exact) mass is 539 g/mol. The van der Waals surface area contributed by atoms with Crippen molar-refractivity contribution in [3.8, 4) is 11.5 Å². The van der Waals surface area contributed by atoms with E-state index in [9.17, 15) is 19.2 Å². The average Bonchev–Trinajstić information content (AvgIpc) is 2.84. The number of methoxy groups -OCH3 is 1. The molecule has 1 aromatic carbocycles. The van der Waals surface area contributed by atoms with Crippen LogP contribution in [0.15, 0.2) is 18.2 Å². The second-order valence-corrected chi connectivity index (χ2v) is 9.55. The molecule has 0 aliphatic heterocycles. The number of esters is 2. The van der Waals surface area contributed by atoms with Crippen LogP contribution in [0.4, 0.5) is 9.59 Å². The summed E-state index contributed by atoms with van der Waals surface area (Å²) in [7, 11) is 1.20. The number of benzene rings is 1. The van der Waals surface area contributed by atoms with Crippen LogP contribution in [-0.4, -0.2) is 55.7 Å². The van der Waals surface area contributed by atoms with Gasteiger partial charge in [0, 0.05) is 19.3 Å². The highest BCUT2D eigenvalue weighted by Gasteiger charge is 2.36. The predicted molar refractivity (Wildman–Crippen MR) is 138 cm³/mol. The van der Waals surface area contributed by atoms with Gasteiger partial charge < -0.3 is 34.2 Å². The van der Waals surface area contributed by atoms with Crippen LogP contribution < -0.4 is 15.2 Å². The molecule has 2 unspecified atom stereocenters. The lowest BCUT2D eigenvalue weighted by molar-refractivity contribution is -0.151. The van der Waals surface area contributed by atoms with E-state index >= 15 is 0 Å². The van der Waals surface area contributed by atoms with Gasteiger partial charge in [-0.25, -0.2) is 9.59 Å². The molecule has 0 fully saturated rings. The molecule has 0 radical (unpaired) electrons. The largest absolute Gasteiger partial charge is 0.514 e. The summed E-state index contributed by atoms with van der Waals surface area (Å²) in [5, 5.41) is 0. The van der Waals surface area contributed by atoms with Crippen LogP contribution in [0, 0.1) is 5.92 Å². The lowest BCUT2D eigenvalue weighted by Gasteiger charge is -2.27. The number of hydrogen-bond acceptors (Lipinski definition) is 11. The third kappa shape index (κ3) is 11.4. The van der Waals surface area contributed by atoms with Gasteiger partial charge in [-0.3, -0.25) is 9.59 Å². The second-order valence-electron chi connectivity index (χ2n) is 9.55. The Balaban J connectivity index is 3.18. The Bertz CT molecular complexity index is 948. The van der Waals surface area contributed by atoms with Crippen LogP contribution >= 0.6 is 0 Å². The van der Waals surface area contributed by atoms with E-state index in [-0.39, 0.29) is 49.4 Å². The molecule has 0 amide bonds. The fraction of sp³-hybridized carbons (Fsp3) is 0.630. The van der Waals surface area contributed by atoms with Crippen LogP contribution in [0.2, 0.25) is 0 Å². The van der Waals surface area contributed by atoms with Crippen LogP contribution in [0.1, 0.15) is 72.8 Å². The highest BCUT2D eigenvalue weighted by Crippen LogP contribution is 2.31. The molecule has 0 aromatic heterocycles. The Kier molecular flexibility index (Phi) is 13.6. The Morgan fingerprint density at radius 2 is 1.45 bits per heavy atom. The molecule has 3 atom stereocenters. The fourth-order valence-electron chi connectivity index (χ4n) is 3.12. The van der Waals surface area contributed by atoms with Crippen molar-refractivity contribution in [2.24, 2.45) is 11.7 Å². The molecular formula is C27H41NO10. The van der Waals surface area contributed by atoms with Crippen LogP contribution in [0.3, 0.4) is 0 Å². The lowest BCUT2D eigenvalue weighted by Crippen LogP contribution is -2.51. The van der Waals surface area contributed by atoms with Gasteiger partial charge in [0.15, 0.2) is 11.5 Å². The Morgan fingerprint density at radius 3 is 1.95 bits per heavy atom. The number of ether oxygens (including phenoxy) is 6. The predicted octanol–water partition coefficient (Wildman–Crippen LogP) is 4.71. The van der Waals surface area contributed by atoms with Crippen LogP contribution in [0.5, 0.6) is 11.5 Å². The van der Waals surface area contributed by atoms with Crippen molar-refractivity contribution in [2.45, 2.75) is 91.4 Å². The molecule has 0 saturated heterocycles. The molecule has 0 bridgehead atoms. The van der Waals surface area contributed by atoms with Gasteiger partial charge in [0.2, 0.25) is 0 Å². The lowest BCUT2D eigenvalue weighted by atomic mass is 9.88. The number of carbonyl (C=O) groups is 4. The summed E-state index contributed by atoms with van der Waals surface area (Å²) in [5.74, 6) is -1.21. The Morgan fingerprint density at radius 1 is 0.895 bits per heavy atom. The van der Waals surface area contributed by atoms with Crippen molar-refractivity contribution in [1.29, 1.82) is 0 Å². The summed E-state index contributed by atoms with van der Waals surface area (Å²) < 4.78 is 31.0. The molecule has 2 N–H and O–H groups in total. The summed E-state index contributed by atoms with van der Waals surface area (Å²) in [5.41, 5.74) is 5.29. The third-order valence-electron chi connectivity index (χ3n) is 5.64. The first-order chi connectivity index (χ1) is 17.8. The molecular weight excluding hydrogens is 498 g/mol. The summed E-state index contributed by atoms with van der Waals surface area (Å²) in [6, 6.07) is 4.34.